The Morgan fingerprint density at radius 2 is 1.92 bits per heavy atom. The average molecular weight is 520 g/mol. The molecule has 4 heterocycles. The van der Waals surface area contributed by atoms with Crippen molar-refractivity contribution in [3.63, 3.8) is 0 Å². The van der Waals surface area contributed by atoms with Crippen molar-refractivity contribution < 1.29 is 28.7 Å². The van der Waals surface area contributed by atoms with Gasteiger partial charge in [-0.1, -0.05) is 18.2 Å². The Bertz CT molecular complexity index is 1550. The third kappa shape index (κ3) is 4.61. The second kappa shape index (κ2) is 10.1. The highest BCUT2D eigenvalue weighted by Gasteiger charge is 2.39. The maximum Gasteiger partial charge on any atom is 0.325 e. The number of pyridine rings is 2. The van der Waals surface area contributed by atoms with E-state index >= 15 is 0 Å². The third-order valence-electron chi connectivity index (χ3n) is 6.60. The van der Waals surface area contributed by atoms with Crippen LogP contribution in [0.3, 0.4) is 0 Å². The molecule has 0 fully saturated rings. The lowest BCUT2D eigenvalue weighted by Crippen LogP contribution is -2.42. The second-order valence-corrected chi connectivity index (χ2v) is 9.08. The molecule has 1 aromatic carbocycles. The molecule has 196 valence electrons. The molecule has 1 unspecified atom stereocenters. The molecule has 0 bridgehead atoms. The summed E-state index contributed by atoms with van der Waals surface area (Å²) in [5.41, 5.74) is 8.54. The van der Waals surface area contributed by atoms with Crippen molar-refractivity contribution in [1.29, 1.82) is 0 Å². The lowest BCUT2D eigenvalue weighted by molar-refractivity contribution is -0.158. The first-order valence-electron chi connectivity index (χ1n) is 12.0. The van der Waals surface area contributed by atoms with Crippen LogP contribution in [-0.4, -0.2) is 59.0 Å². The van der Waals surface area contributed by atoms with E-state index in [9.17, 15) is 24.0 Å². The zero-order valence-corrected chi connectivity index (χ0v) is 20.5. The number of hydrogen-bond donors (Lipinski definition) is 3. The molecule has 2 atom stereocenters. The van der Waals surface area contributed by atoms with Gasteiger partial charge < -0.3 is 30.4 Å². The normalized spacial score (nSPS) is 16.1. The quantitative estimate of drug-likeness (QED) is 0.277. The molecule has 0 saturated heterocycles. The third-order valence-corrected chi connectivity index (χ3v) is 6.60. The molecule has 2 aliphatic rings. The zero-order chi connectivity index (χ0) is 27.0. The maximum atomic E-state index is 13.4. The fraction of sp³-hybridized carbons (Fsp3) is 0.308. The number of benzene rings is 1. The molecule has 2 aliphatic heterocycles. The topological polar surface area (TPSA) is 172 Å². The van der Waals surface area contributed by atoms with Crippen LogP contribution in [0.4, 0.5) is 0 Å². The number of carbonyl (C=O) groups excluding carboxylic acids is 4. The molecule has 0 radical (unpaired) electrons. The molecule has 0 aliphatic carbocycles. The van der Waals surface area contributed by atoms with Crippen LogP contribution in [0.2, 0.25) is 0 Å². The highest BCUT2D eigenvalue weighted by atomic mass is 16.6. The fourth-order valence-corrected chi connectivity index (χ4v) is 4.76. The summed E-state index contributed by atoms with van der Waals surface area (Å²) in [6.45, 7) is 0.599. The molecule has 3 aromatic rings. The Morgan fingerprint density at radius 3 is 2.71 bits per heavy atom. The Kier molecular flexibility index (Phi) is 6.64. The molecule has 38 heavy (non-hydrogen) atoms. The van der Waals surface area contributed by atoms with Gasteiger partial charge in [0.25, 0.3) is 5.56 Å². The van der Waals surface area contributed by atoms with Gasteiger partial charge in [0.2, 0.25) is 11.8 Å². The summed E-state index contributed by atoms with van der Waals surface area (Å²) in [5.74, 6) is -3.58. The number of carbonyl (C=O) groups is 4. The summed E-state index contributed by atoms with van der Waals surface area (Å²) in [7, 11) is 0. The molecule has 0 saturated carbocycles. The van der Waals surface area contributed by atoms with Crippen LogP contribution < -0.4 is 21.9 Å². The van der Waals surface area contributed by atoms with E-state index in [4.69, 9.17) is 20.2 Å². The second-order valence-electron chi connectivity index (χ2n) is 9.08. The molecule has 2 aromatic heterocycles. The van der Waals surface area contributed by atoms with Crippen molar-refractivity contribution in [3.05, 3.63) is 63.4 Å². The molecule has 12 heteroatoms. The molecule has 12 nitrogen and oxygen atoms in total. The summed E-state index contributed by atoms with van der Waals surface area (Å²) >= 11 is 0. The maximum absolute atomic E-state index is 13.4. The van der Waals surface area contributed by atoms with Crippen molar-refractivity contribution in [1.82, 2.24) is 20.2 Å². The fourth-order valence-electron chi connectivity index (χ4n) is 4.76. The minimum absolute atomic E-state index is 0.180. The number of cyclic esters (lactones) is 1. The number of nitrogens with two attached hydrogens (primary N) is 1. The van der Waals surface area contributed by atoms with E-state index in [0.717, 1.165) is 16.5 Å². The van der Waals surface area contributed by atoms with E-state index < -0.39 is 42.3 Å². The van der Waals surface area contributed by atoms with Gasteiger partial charge in [0.05, 0.1) is 42.1 Å². The molecule has 5 rings (SSSR count). The lowest BCUT2D eigenvalue weighted by atomic mass is 9.88. The number of ether oxygens (including phenoxy) is 2. The van der Waals surface area contributed by atoms with E-state index in [1.54, 1.807) is 10.6 Å². The van der Waals surface area contributed by atoms with E-state index in [1.165, 1.54) is 6.92 Å². The van der Waals surface area contributed by atoms with Crippen LogP contribution in [0, 0.1) is 0 Å². The van der Waals surface area contributed by atoms with Gasteiger partial charge in [-0.25, -0.2) is 4.98 Å². The minimum Gasteiger partial charge on any atom is -0.460 e. The Balaban J connectivity index is 1.37. The van der Waals surface area contributed by atoms with E-state index in [1.807, 2.05) is 30.3 Å². The molecule has 0 spiro atoms. The lowest BCUT2D eigenvalue weighted by Gasteiger charge is -2.29. The molecule has 4 N–H and O–H groups in total. The first-order valence-corrected chi connectivity index (χ1v) is 12.0. The highest BCUT2D eigenvalue weighted by Crippen LogP contribution is 2.37. The van der Waals surface area contributed by atoms with Gasteiger partial charge in [0.15, 0.2) is 0 Å². The number of fused-ring (bicyclic) bond motifs is 5. The number of para-hydroxylation sites is 1. The minimum atomic E-state index is -1.04. The van der Waals surface area contributed by atoms with Crippen LogP contribution in [0.5, 0.6) is 0 Å². The number of rotatable bonds is 7. The van der Waals surface area contributed by atoms with Crippen molar-refractivity contribution in [2.75, 3.05) is 19.6 Å². The predicted octanol–water partition coefficient (Wildman–Crippen LogP) is -0.312. The standard InChI is InChI=1S/C26H25N5O7/c1-13(38-22(34)10-29-21(33)9-28-20(32)8-27)23-16-7-19-24-15(6-14-4-2-3-5-18(14)30-24)11-31(19)25(35)17(16)12-37-26(23)36/h2-7,13,23H,8-12,27H2,1H3,(H,28,32)(H,29,33)/t13?,23-/m1/s1. The van der Waals surface area contributed by atoms with Gasteiger partial charge in [-0.15, -0.1) is 0 Å². The Morgan fingerprint density at radius 1 is 1.16 bits per heavy atom. The van der Waals surface area contributed by atoms with Crippen LogP contribution >= 0.6 is 0 Å². The Hall–Kier alpha value is -4.58. The van der Waals surface area contributed by atoms with Gasteiger partial charge in [0.1, 0.15) is 25.2 Å². The van der Waals surface area contributed by atoms with Crippen molar-refractivity contribution >= 4 is 34.7 Å². The monoisotopic (exact) mass is 519 g/mol. The SMILES string of the molecule is CC(OC(=O)CNC(=O)CNC(=O)CN)[C@H]1C(=O)OCc2c1cc1n(c2=O)Cc2cc3ccccc3nc2-1. The van der Waals surface area contributed by atoms with Gasteiger partial charge in [-0.3, -0.25) is 24.0 Å². The van der Waals surface area contributed by atoms with Gasteiger partial charge >= 0.3 is 11.9 Å². The van der Waals surface area contributed by atoms with Crippen LogP contribution in [0.25, 0.3) is 22.3 Å². The highest BCUT2D eigenvalue weighted by molar-refractivity contribution is 5.88. The first kappa shape index (κ1) is 25.1. The van der Waals surface area contributed by atoms with Crippen molar-refractivity contribution in [2.45, 2.75) is 32.1 Å². The largest absolute Gasteiger partial charge is 0.460 e. The van der Waals surface area contributed by atoms with E-state index in [2.05, 4.69) is 10.6 Å². The number of aromatic nitrogens is 2. The van der Waals surface area contributed by atoms with E-state index in [-0.39, 0.29) is 25.3 Å². The molecule has 2 amide bonds. The van der Waals surface area contributed by atoms with Gasteiger partial charge in [-0.05, 0) is 30.7 Å². The zero-order valence-electron chi connectivity index (χ0n) is 20.5. The smallest absolute Gasteiger partial charge is 0.325 e. The summed E-state index contributed by atoms with van der Waals surface area (Å²) in [5, 5.41) is 5.56. The number of esters is 2. The van der Waals surface area contributed by atoms with Crippen molar-refractivity contribution in [2.24, 2.45) is 5.73 Å². The van der Waals surface area contributed by atoms with E-state index in [0.29, 0.717) is 29.1 Å². The number of nitrogens with one attached hydrogen (secondary N) is 2. The summed E-state index contributed by atoms with van der Waals surface area (Å²) in [4.78, 5) is 66.3. The Labute approximate surface area is 216 Å². The van der Waals surface area contributed by atoms with Gasteiger partial charge in [-0.2, -0.15) is 0 Å². The number of amides is 2. The molecular weight excluding hydrogens is 494 g/mol. The average Bonchev–Trinajstić information content (AvgIpc) is 3.26. The van der Waals surface area contributed by atoms with Crippen LogP contribution in [-0.2, 0) is 41.8 Å². The van der Waals surface area contributed by atoms with Crippen molar-refractivity contribution in [3.8, 4) is 11.4 Å². The summed E-state index contributed by atoms with van der Waals surface area (Å²) in [6.07, 6.45) is -0.990. The predicted molar refractivity (Wildman–Crippen MR) is 134 cm³/mol. The summed E-state index contributed by atoms with van der Waals surface area (Å²) < 4.78 is 12.3. The van der Waals surface area contributed by atoms with Crippen LogP contribution in [0.15, 0.2) is 41.2 Å². The number of nitrogens with zero attached hydrogens (tertiary/aromatic N) is 2. The number of hydrogen-bond acceptors (Lipinski definition) is 9. The van der Waals surface area contributed by atoms with Gasteiger partial charge in [0, 0.05) is 10.9 Å². The first-order chi connectivity index (χ1) is 18.3. The summed E-state index contributed by atoms with van der Waals surface area (Å²) in [6, 6.07) is 11.4. The molecular formula is C26H25N5O7. The van der Waals surface area contributed by atoms with Crippen LogP contribution in [0.1, 0.15) is 29.5 Å².